The normalized spacial score (nSPS) is 9.00. The van der Waals surface area contributed by atoms with E-state index in [1.54, 1.807) is 18.2 Å². The average molecular weight is 202 g/mol. The maximum atomic E-state index is 11.9. The van der Waals surface area contributed by atoms with Gasteiger partial charge in [0, 0.05) is 0 Å². The van der Waals surface area contributed by atoms with E-state index in [1.165, 1.54) is 23.3 Å². The van der Waals surface area contributed by atoms with Crippen molar-refractivity contribution in [1.29, 1.82) is 0 Å². The second kappa shape index (κ2) is 5.97. The molecule has 0 fully saturated rings. The first-order valence-electron chi connectivity index (χ1n) is 4.93. The van der Waals surface area contributed by atoms with Crippen molar-refractivity contribution in [2.75, 3.05) is 0 Å². The molecule has 2 aromatic carbocycles. The summed E-state index contributed by atoms with van der Waals surface area (Å²) in [4.78, 5) is 0. The van der Waals surface area contributed by atoms with Crippen LogP contribution in [0.3, 0.4) is 0 Å². The van der Waals surface area contributed by atoms with Crippen molar-refractivity contribution in [2.24, 2.45) is 0 Å². The molecule has 2 rings (SSSR count). The zero-order valence-electron chi connectivity index (χ0n) is 9.07. The van der Waals surface area contributed by atoms with E-state index in [2.05, 4.69) is 38.1 Å². The van der Waals surface area contributed by atoms with E-state index in [-0.39, 0.29) is 5.82 Å². The van der Waals surface area contributed by atoms with Crippen molar-refractivity contribution in [1.82, 2.24) is 0 Å². The van der Waals surface area contributed by atoms with Crippen molar-refractivity contribution in [2.45, 2.75) is 13.8 Å². The van der Waals surface area contributed by atoms with Gasteiger partial charge in [-0.2, -0.15) is 0 Å². The molecule has 0 bridgehead atoms. The maximum Gasteiger partial charge on any atom is 0.123 e. The summed E-state index contributed by atoms with van der Waals surface area (Å²) >= 11 is 0. The van der Waals surface area contributed by atoms with Gasteiger partial charge in [0.1, 0.15) is 5.82 Å². The van der Waals surface area contributed by atoms with Crippen LogP contribution in [0.2, 0.25) is 0 Å². The van der Waals surface area contributed by atoms with Crippen molar-refractivity contribution >= 4 is 0 Å². The lowest BCUT2D eigenvalue weighted by Crippen LogP contribution is -1.74. The Bertz CT molecular complexity index is 372. The molecule has 0 saturated carbocycles. The van der Waals surface area contributed by atoms with E-state index in [4.69, 9.17) is 0 Å². The summed E-state index contributed by atoms with van der Waals surface area (Å²) in [6.45, 7) is 4.24. The van der Waals surface area contributed by atoms with Gasteiger partial charge in [-0.05, 0) is 37.1 Å². The highest BCUT2D eigenvalue weighted by atomic mass is 19.1. The smallest absolute Gasteiger partial charge is 0.123 e. The van der Waals surface area contributed by atoms with Gasteiger partial charge in [0.05, 0.1) is 0 Å². The van der Waals surface area contributed by atoms with E-state index in [9.17, 15) is 4.39 Å². The molecule has 78 valence electrons. The second-order valence-corrected chi connectivity index (χ2v) is 3.38. The highest BCUT2D eigenvalue weighted by Crippen LogP contribution is 2.02. The molecule has 0 aromatic heterocycles. The van der Waals surface area contributed by atoms with Crippen LogP contribution in [0.1, 0.15) is 11.1 Å². The Morgan fingerprint density at radius 3 is 1.33 bits per heavy atom. The Balaban J connectivity index is 0.000000151. The number of benzene rings is 2. The predicted molar refractivity (Wildman–Crippen MR) is 62.3 cm³/mol. The molecule has 0 atom stereocenters. The molecule has 0 radical (unpaired) electrons. The van der Waals surface area contributed by atoms with E-state index >= 15 is 0 Å². The molecular weight excluding hydrogens is 187 g/mol. The molecule has 1 heteroatoms. The summed E-state index contributed by atoms with van der Waals surface area (Å²) in [6.07, 6.45) is 0. The highest BCUT2D eigenvalue weighted by molar-refractivity contribution is 5.23. The van der Waals surface area contributed by atoms with Crippen LogP contribution in [0.5, 0.6) is 0 Å². The van der Waals surface area contributed by atoms with Crippen LogP contribution >= 0.6 is 0 Å². The summed E-state index contributed by atoms with van der Waals surface area (Å²) < 4.78 is 11.9. The largest absolute Gasteiger partial charge is 0.207 e. The van der Waals surface area contributed by atoms with Crippen LogP contribution in [-0.4, -0.2) is 0 Å². The third-order valence-electron chi connectivity index (χ3n) is 2.16. The zero-order chi connectivity index (χ0) is 11.1. The number of rotatable bonds is 0. The fourth-order valence-electron chi connectivity index (χ4n) is 1.08. The Morgan fingerprint density at radius 1 is 0.667 bits per heavy atom. The number of halogens is 1. The minimum atomic E-state index is -0.178. The Labute approximate surface area is 90.4 Å². The van der Waals surface area contributed by atoms with Gasteiger partial charge in [0.15, 0.2) is 0 Å². The highest BCUT2D eigenvalue weighted by Gasteiger charge is 1.83. The molecule has 0 heterocycles. The van der Waals surface area contributed by atoms with Crippen molar-refractivity contribution in [3.05, 3.63) is 71.5 Å². The summed E-state index contributed by atoms with van der Waals surface area (Å²) in [5.41, 5.74) is 2.74. The summed E-state index contributed by atoms with van der Waals surface area (Å²) in [5.74, 6) is -0.178. The fourth-order valence-corrected chi connectivity index (χ4v) is 1.08. The standard InChI is InChI=1S/C8H10.C6H5F/c1-7-5-3-4-6-8(7)2;7-6-4-2-1-3-5-6/h3-6H,1-2H3;1-5H. The lowest BCUT2D eigenvalue weighted by molar-refractivity contribution is 0.628. The van der Waals surface area contributed by atoms with Crippen LogP contribution in [-0.2, 0) is 0 Å². The lowest BCUT2D eigenvalue weighted by atomic mass is 10.1. The fraction of sp³-hybridized carbons (Fsp3) is 0.143. The average Bonchev–Trinajstić information content (AvgIpc) is 2.25. The molecule has 0 saturated heterocycles. The minimum absolute atomic E-state index is 0.178. The molecule has 0 nitrogen and oxygen atoms in total. The third kappa shape index (κ3) is 4.41. The Hall–Kier alpha value is -1.63. The SMILES string of the molecule is Cc1ccccc1C.Fc1ccccc1. The molecule has 0 unspecified atom stereocenters. The third-order valence-corrected chi connectivity index (χ3v) is 2.16. The predicted octanol–water partition coefficient (Wildman–Crippen LogP) is 4.13. The maximum absolute atomic E-state index is 11.9. The lowest BCUT2D eigenvalue weighted by Gasteiger charge is -1.93. The molecule has 0 N–H and O–H groups in total. The van der Waals surface area contributed by atoms with Gasteiger partial charge in [-0.25, -0.2) is 4.39 Å². The molecule has 0 spiro atoms. The number of aryl methyl sites for hydroxylation is 2. The molecule has 0 aliphatic carbocycles. The topological polar surface area (TPSA) is 0 Å². The van der Waals surface area contributed by atoms with Crippen molar-refractivity contribution < 1.29 is 4.39 Å². The molecule has 15 heavy (non-hydrogen) atoms. The first-order valence-corrected chi connectivity index (χ1v) is 4.93. The van der Waals surface area contributed by atoms with Crippen LogP contribution in [0, 0.1) is 19.7 Å². The van der Waals surface area contributed by atoms with Gasteiger partial charge >= 0.3 is 0 Å². The van der Waals surface area contributed by atoms with Crippen molar-refractivity contribution in [3.8, 4) is 0 Å². The van der Waals surface area contributed by atoms with Crippen LogP contribution < -0.4 is 0 Å². The van der Waals surface area contributed by atoms with Crippen LogP contribution in [0.15, 0.2) is 54.6 Å². The monoisotopic (exact) mass is 202 g/mol. The quantitative estimate of drug-likeness (QED) is 0.602. The van der Waals surface area contributed by atoms with Gasteiger partial charge in [-0.15, -0.1) is 0 Å². The zero-order valence-corrected chi connectivity index (χ0v) is 9.07. The van der Waals surface area contributed by atoms with E-state index in [0.29, 0.717) is 0 Å². The van der Waals surface area contributed by atoms with Crippen LogP contribution in [0.25, 0.3) is 0 Å². The first kappa shape index (κ1) is 11.4. The summed E-state index contributed by atoms with van der Waals surface area (Å²) in [5, 5.41) is 0. The molecule has 0 amide bonds. The Kier molecular flexibility index (Phi) is 4.55. The van der Waals surface area contributed by atoms with Gasteiger partial charge in [-0.1, -0.05) is 42.5 Å². The second-order valence-electron chi connectivity index (χ2n) is 3.38. The Morgan fingerprint density at radius 2 is 1.07 bits per heavy atom. The number of hydrogen-bond acceptors (Lipinski definition) is 0. The summed E-state index contributed by atoms with van der Waals surface area (Å²) in [7, 11) is 0. The van der Waals surface area contributed by atoms with Crippen LogP contribution in [0.4, 0.5) is 4.39 Å². The molecule has 0 aliphatic rings. The van der Waals surface area contributed by atoms with E-state index in [0.717, 1.165) is 0 Å². The summed E-state index contributed by atoms with van der Waals surface area (Å²) in [6, 6.07) is 16.3. The molecule has 0 aliphatic heterocycles. The molecule has 2 aromatic rings. The number of hydrogen-bond donors (Lipinski definition) is 0. The van der Waals surface area contributed by atoms with Gasteiger partial charge in [-0.3, -0.25) is 0 Å². The van der Waals surface area contributed by atoms with E-state index in [1.807, 2.05) is 0 Å². The van der Waals surface area contributed by atoms with Gasteiger partial charge in [0.25, 0.3) is 0 Å². The van der Waals surface area contributed by atoms with Gasteiger partial charge in [0.2, 0.25) is 0 Å². The molecular formula is C14H15F. The van der Waals surface area contributed by atoms with Gasteiger partial charge < -0.3 is 0 Å². The van der Waals surface area contributed by atoms with E-state index < -0.39 is 0 Å². The minimum Gasteiger partial charge on any atom is -0.207 e. The first-order chi connectivity index (χ1) is 7.20. The van der Waals surface area contributed by atoms with Crippen molar-refractivity contribution in [3.63, 3.8) is 0 Å².